The van der Waals surface area contributed by atoms with Crippen molar-refractivity contribution in [3.8, 4) is 0 Å². The summed E-state index contributed by atoms with van der Waals surface area (Å²) >= 11 is 0. The fraction of sp³-hybridized carbons (Fsp3) is 0.250. The molecule has 0 radical (unpaired) electrons. The van der Waals surface area contributed by atoms with Gasteiger partial charge in [0.05, 0.1) is 0 Å². The van der Waals surface area contributed by atoms with Gasteiger partial charge < -0.3 is 4.74 Å². The van der Waals surface area contributed by atoms with Crippen molar-refractivity contribution in [1.82, 2.24) is 5.32 Å². The molecule has 1 amide bonds. The second-order valence-electron chi connectivity index (χ2n) is 2.47. The van der Waals surface area contributed by atoms with Crippen molar-refractivity contribution in [2.45, 2.75) is 6.92 Å². The summed E-state index contributed by atoms with van der Waals surface area (Å²) in [7, 11) is 0. The van der Waals surface area contributed by atoms with Crippen LogP contribution in [0.1, 0.15) is 6.92 Å². The molecule has 0 bridgehead atoms. The summed E-state index contributed by atoms with van der Waals surface area (Å²) in [4.78, 5) is 14.4. The van der Waals surface area contributed by atoms with Crippen LogP contribution in [0.3, 0.4) is 0 Å². The van der Waals surface area contributed by atoms with Gasteiger partial charge in [0.15, 0.2) is 0 Å². The molecule has 0 saturated carbocycles. The van der Waals surface area contributed by atoms with Crippen molar-refractivity contribution < 1.29 is 9.53 Å². The van der Waals surface area contributed by atoms with E-state index in [-0.39, 0.29) is 6.61 Å². The fourth-order valence-corrected chi connectivity index (χ4v) is 0.875. The van der Waals surface area contributed by atoms with Crippen LogP contribution in [-0.2, 0) is 4.74 Å². The first kappa shape index (κ1) is 8.52. The van der Waals surface area contributed by atoms with Gasteiger partial charge in [-0.05, 0) is 19.2 Å². The van der Waals surface area contributed by atoms with E-state index in [9.17, 15) is 4.79 Å². The first-order valence-electron chi connectivity index (χ1n) is 3.44. The number of carbonyl (C=O) groups is 1. The van der Waals surface area contributed by atoms with Crippen molar-refractivity contribution in [1.29, 1.82) is 0 Å². The molecule has 4 heteroatoms. The maximum Gasteiger partial charge on any atom is 0.413 e. The lowest BCUT2D eigenvalue weighted by atomic mass is 10.1. The lowest BCUT2D eigenvalue weighted by molar-refractivity contribution is 0.152. The van der Waals surface area contributed by atoms with E-state index in [1.807, 2.05) is 6.92 Å². The highest BCUT2D eigenvalue weighted by Crippen LogP contribution is 2.15. The Balaban J connectivity index is 2.98. The zero-order valence-corrected chi connectivity index (χ0v) is 6.89. The molecule has 1 heterocycles. The molecule has 0 atom stereocenters. The first-order chi connectivity index (χ1) is 5.65. The third-order valence-electron chi connectivity index (χ3n) is 1.53. The van der Waals surface area contributed by atoms with E-state index < -0.39 is 6.09 Å². The molecule has 0 spiro atoms. The van der Waals surface area contributed by atoms with Gasteiger partial charge in [0.2, 0.25) is 0 Å². The van der Waals surface area contributed by atoms with Gasteiger partial charge in [-0.1, -0.05) is 6.58 Å². The maximum atomic E-state index is 10.7. The second kappa shape index (κ2) is 3.21. The molecular weight excluding hydrogens is 156 g/mol. The largest absolute Gasteiger partial charge is 0.444 e. The average Bonchev–Trinajstić information content (AvgIpc) is 2.03. The van der Waals surface area contributed by atoms with Gasteiger partial charge in [0.1, 0.15) is 12.4 Å². The lowest BCUT2D eigenvalue weighted by Crippen LogP contribution is -2.30. The van der Waals surface area contributed by atoms with Crippen LogP contribution >= 0.6 is 0 Å². The molecule has 0 unspecified atom stereocenters. The number of amides is 1. The van der Waals surface area contributed by atoms with Crippen LogP contribution in [0.2, 0.25) is 0 Å². The lowest BCUT2D eigenvalue weighted by Gasteiger charge is -2.18. The maximum absolute atomic E-state index is 10.7. The molecule has 12 heavy (non-hydrogen) atoms. The molecule has 64 valence electrons. The predicted molar refractivity (Wildman–Crippen MR) is 45.9 cm³/mol. The third-order valence-corrected chi connectivity index (χ3v) is 1.53. The molecular formula is C8H10N2O2. The number of aliphatic imine (C=N–C) groups is 1. The van der Waals surface area contributed by atoms with Gasteiger partial charge in [-0.3, -0.25) is 5.32 Å². The zero-order chi connectivity index (χ0) is 9.14. The standard InChI is InChI=1S/C8H10N2O2/c1-5(2)6-4-12-8(11)10-7(6)9-3/h1,3-4H2,2H3,(H,10,11). The van der Waals surface area contributed by atoms with E-state index in [0.717, 1.165) is 11.1 Å². The summed E-state index contributed by atoms with van der Waals surface area (Å²) < 4.78 is 4.73. The molecule has 0 saturated heterocycles. The topological polar surface area (TPSA) is 50.7 Å². The van der Waals surface area contributed by atoms with Crippen LogP contribution in [0, 0.1) is 0 Å². The summed E-state index contributed by atoms with van der Waals surface area (Å²) in [5.74, 6) is 0.443. The number of carbonyl (C=O) groups excluding carboxylic acids is 1. The van der Waals surface area contributed by atoms with E-state index in [1.54, 1.807) is 0 Å². The Bertz CT molecular complexity index is 279. The Morgan fingerprint density at radius 2 is 2.42 bits per heavy atom. The molecule has 1 aliphatic rings. The highest BCUT2D eigenvalue weighted by atomic mass is 16.5. The summed E-state index contributed by atoms with van der Waals surface area (Å²) in [5, 5.41) is 2.43. The van der Waals surface area contributed by atoms with E-state index >= 15 is 0 Å². The Morgan fingerprint density at radius 3 is 2.92 bits per heavy atom. The molecule has 1 aliphatic heterocycles. The smallest absolute Gasteiger partial charge is 0.413 e. The van der Waals surface area contributed by atoms with Gasteiger partial charge in [-0.15, -0.1) is 0 Å². The van der Waals surface area contributed by atoms with Crippen molar-refractivity contribution >= 4 is 12.8 Å². The summed E-state index contributed by atoms with van der Waals surface area (Å²) in [6, 6.07) is 0. The van der Waals surface area contributed by atoms with E-state index in [1.165, 1.54) is 0 Å². The Kier molecular flexibility index (Phi) is 2.28. The minimum absolute atomic E-state index is 0.218. The van der Waals surface area contributed by atoms with E-state index in [4.69, 9.17) is 4.74 Å². The first-order valence-corrected chi connectivity index (χ1v) is 3.44. The van der Waals surface area contributed by atoms with Crippen LogP contribution < -0.4 is 5.32 Å². The van der Waals surface area contributed by atoms with Crippen LogP contribution in [0.15, 0.2) is 28.5 Å². The van der Waals surface area contributed by atoms with Crippen LogP contribution in [0.25, 0.3) is 0 Å². The number of hydrogen-bond donors (Lipinski definition) is 1. The van der Waals surface area contributed by atoms with E-state index in [0.29, 0.717) is 5.82 Å². The van der Waals surface area contributed by atoms with Crippen molar-refractivity contribution in [2.24, 2.45) is 4.99 Å². The summed E-state index contributed by atoms with van der Waals surface area (Å²) in [6.45, 7) is 9.10. The molecule has 0 aromatic heterocycles. The SMILES string of the molecule is C=NC1=C(C(=C)C)COC(=O)N1. The number of rotatable bonds is 2. The van der Waals surface area contributed by atoms with Crippen molar-refractivity contribution in [3.05, 3.63) is 23.5 Å². The van der Waals surface area contributed by atoms with Crippen molar-refractivity contribution in [2.75, 3.05) is 6.61 Å². The van der Waals surface area contributed by atoms with Crippen LogP contribution in [0.5, 0.6) is 0 Å². The molecule has 0 aromatic carbocycles. The number of cyclic esters (lactones) is 1. The zero-order valence-electron chi connectivity index (χ0n) is 6.89. The number of hydrogen-bond acceptors (Lipinski definition) is 3. The van der Waals surface area contributed by atoms with Gasteiger partial charge >= 0.3 is 6.09 Å². The Morgan fingerprint density at radius 1 is 1.75 bits per heavy atom. The molecule has 0 aromatic rings. The van der Waals surface area contributed by atoms with Crippen molar-refractivity contribution in [3.63, 3.8) is 0 Å². The van der Waals surface area contributed by atoms with Crippen LogP contribution in [-0.4, -0.2) is 19.4 Å². The number of nitrogens with zero attached hydrogens (tertiary/aromatic N) is 1. The molecule has 1 N–H and O–H groups in total. The minimum atomic E-state index is -0.498. The normalized spacial score (nSPS) is 16.6. The molecule has 0 aliphatic carbocycles. The predicted octanol–water partition coefficient (Wildman–Crippen LogP) is 1.21. The summed E-state index contributed by atoms with van der Waals surface area (Å²) in [6.07, 6.45) is -0.498. The van der Waals surface area contributed by atoms with Gasteiger partial charge in [-0.2, -0.15) is 0 Å². The number of ether oxygens (including phenoxy) is 1. The molecule has 0 fully saturated rings. The third kappa shape index (κ3) is 1.53. The summed E-state index contributed by atoms with van der Waals surface area (Å²) in [5.41, 5.74) is 1.60. The van der Waals surface area contributed by atoms with Gasteiger partial charge in [0, 0.05) is 5.57 Å². The quantitative estimate of drug-likeness (QED) is 0.627. The van der Waals surface area contributed by atoms with Gasteiger partial charge in [-0.25, -0.2) is 9.79 Å². The molecule has 4 nitrogen and oxygen atoms in total. The minimum Gasteiger partial charge on any atom is -0.444 e. The average molecular weight is 166 g/mol. The monoisotopic (exact) mass is 166 g/mol. The number of alkyl carbamates (subject to hydrolysis) is 1. The van der Waals surface area contributed by atoms with E-state index in [2.05, 4.69) is 23.6 Å². The Labute approximate surface area is 70.6 Å². The molecule has 1 rings (SSSR count). The highest BCUT2D eigenvalue weighted by molar-refractivity contribution is 5.72. The highest BCUT2D eigenvalue weighted by Gasteiger charge is 2.17. The van der Waals surface area contributed by atoms with Crippen LogP contribution in [0.4, 0.5) is 4.79 Å². The fourth-order valence-electron chi connectivity index (χ4n) is 0.875. The Hall–Kier alpha value is -1.58. The second-order valence-corrected chi connectivity index (χ2v) is 2.47. The van der Waals surface area contributed by atoms with Gasteiger partial charge in [0.25, 0.3) is 0 Å². The number of nitrogens with one attached hydrogen (secondary N) is 1.